The van der Waals surface area contributed by atoms with Gasteiger partial charge in [0.05, 0.1) is 6.04 Å². The lowest BCUT2D eigenvalue weighted by Gasteiger charge is -2.36. The average Bonchev–Trinajstić information content (AvgIpc) is 2.88. The molecule has 2 unspecified atom stereocenters. The molecule has 110 valence electrons. The Labute approximate surface area is 125 Å². The Balaban J connectivity index is 1.50. The zero-order valence-corrected chi connectivity index (χ0v) is 12.9. The maximum absolute atomic E-state index is 4.48. The molecular weight excluding hydrogens is 268 g/mol. The second kappa shape index (κ2) is 5.58. The molecule has 1 aliphatic heterocycles. The number of thioether (sulfide) groups is 1. The van der Waals surface area contributed by atoms with Gasteiger partial charge in [-0.15, -0.1) is 10.2 Å². The predicted molar refractivity (Wildman–Crippen MR) is 81.6 cm³/mol. The summed E-state index contributed by atoms with van der Waals surface area (Å²) in [7, 11) is 0. The van der Waals surface area contributed by atoms with E-state index in [4.69, 9.17) is 0 Å². The maximum Gasteiger partial charge on any atom is 0.210 e. The van der Waals surface area contributed by atoms with E-state index >= 15 is 0 Å². The van der Waals surface area contributed by atoms with Gasteiger partial charge in [-0.2, -0.15) is 0 Å². The van der Waals surface area contributed by atoms with E-state index in [1.54, 1.807) is 0 Å². The van der Waals surface area contributed by atoms with Crippen LogP contribution in [0.1, 0.15) is 63.6 Å². The number of aromatic nitrogens is 3. The molecule has 20 heavy (non-hydrogen) atoms. The molecule has 0 aromatic carbocycles. The normalized spacial score (nSPS) is 30.4. The van der Waals surface area contributed by atoms with Gasteiger partial charge in [0.1, 0.15) is 0 Å². The first-order chi connectivity index (χ1) is 9.90. The van der Waals surface area contributed by atoms with Gasteiger partial charge >= 0.3 is 0 Å². The number of nitrogens with one attached hydrogen (secondary N) is 1. The molecule has 0 saturated heterocycles. The summed E-state index contributed by atoms with van der Waals surface area (Å²) in [5, 5.41) is 10.7. The van der Waals surface area contributed by atoms with Crippen LogP contribution in [0.15, 0.2) is 5.16 Å². The zero-order chi connectivity index (χ0) is 13.4. The first-order valence-corrected chi connectivity index (χ1v) is 9.15. The summed E-state index contributed by atoms with van der Waals surface area (Å²) in [5.41, 5.74) is 3.71. The summed E-state index contributed by atoms with van der Waals surface area (Å²) in [6, 6.07) is 0.627. The quantitative estimate of drug-likeness (QED) is 0.907. The molecule has 2 atom stereocenters. The van der Waals surface area contributed by atoms with E-state index < -0.39 is 0 Å². The van der Waals surface area contributed by atoms with Gasteiger partial charge in [-0.25, -0.2) is 4.68 Å². The van der Waals surface area contributed by atoms with Crippen molar-refractivity contribution in [2.45, 2.75) is 80.7 Å². The van der Waals surface area contributed by atoms with Crippen molar-refractivity contribution in [3.05, 3.63) is 5.82 Å². The van der Waals surface area contributed by atoms with Crippen molar-refractivity contribution >= 4 is 11.8 Å². The fourth-order valence-electron chi connectivity index (χ4n) is 3.97. The predicted octanol–water partition coefficient (Wildman–Crippen LogP) is 3.36. The first-order valence-electron chi connectivity index (χ1n) is 8.27. The summed E-state index contributed by atoms with van der Waals surface area (Å²) in [6.07, 6.45) is 13.5. The number of hydrogen-bond acceptors (Lipinski definition) is 4. The summed E-state index contributed by atoms with van der Waals surface area (Å²) in [6.45, 7) is 0. The number of nitrogens with zero attached hydrogens (tertiary/aromatic N) is 3. The van der Waals surface area contributed by atoms with Gasteiger partial charge in [-0.3, -0.25) is 0 Å². The van der Waals surface area contributed by atoms with Crippen molar-refractivity contribution in [1.82, 2.24) is 14.9 Å². The van der Waals surface area contributed by atoms with E-state index in [-0.39, 0.29) is 0 Å². The molecule has 2 fully saturated rings. The SMILES string of the molecule is C1CCC(Cc2nnc3n2NC2CCCCC2S3)CC1. The van der Waals surface area contributed by atoms with Gasteiger partial charge in [-0.1, -0.05) is 56.7 Å². The van der Waals surface area contributed by atoms with Crippen molar-refractivity contribution in [1.29, 1.82) is 0 Å². The third-order valence-electron chi connectivity index (χ3n) is 5.15. The molecule has 2 saturated carbocycles. The highest BCUT2D eigenvalue weighted by Gasteiger charge is 2.33. The summed E-state index contributed by atoms with van der Waals surface area (Å²) in [5.74, 6) is 2.00. The Bertz CT molecular complexity index is 466. The average molecular weight is 292 g/mol. The van der Waals surface area contributed by atoms with Crippen molar-refractivity contribution in [3.8, 4) is 0 Å². The van der Waals surface area contributed by atoms with E-state index in [1.165, 1.54) is 63.6 Å². The van der Waals surface area contributed by atoms with Crippen LogP contribution in [0.4, 0.5) is 0 Å². The molecule has 1 aromatic rings. The molecule has 1 N–H and O–H groups in total. The van der Waals surface area contributed by atoms with Crippen LogP contribution in [0.2, 0.25) is 0 Å². The monoisotopic (exact) mass is 292 g/mol. The van der Waals surface area contributed by atoms with Crippen molar-refractivity contribution < 1.29 is 0 Å². The van der Waals surface area contributed by atoms with Crippen LogP contribution in [0, 0.1) is 5.92 Å². The Morgan fingerprint density at radius 2 is 1.80 bits per heavy atom. The van der Waals surface area contributed by atoms with Crippen LogP contribution in [-0.2, 0) is 6.42 Å². The minimum atomic E-state index is 0.627. The van der Waals surface area contributed by atoms with E-state index in [1.807, 2.05) is 11.8 Å². The van der Waals surface area contributed by atoms with Gasteiger partial charge in [0.15, 0.2) is 5.82 Å². The molecule has 4 rings (SSSR count). The standard InChI is InChI=1S/C15H24N4S/c1-2-6-11(7-3-1)10-14-16-17-15-19(14)18-12-8-4-5-9-13(12)20-15/h11-13,18H,1-10H2. The van der Waals surface area contributed by atoms with Crippen LogP contribution in [0.5, 0.6) is 0 Å². The zero-order valence-electron chi connectivity index (χ0n) is 12.1. The van der Waals surface area contributed by atoms with E-state index in [0.717, 1.165) is 17.5 Å². The number of hydrogen-bond donors (Lipinski definition) is 1. The van der Waals surface area contributed by atoms with Crippen molar-refractivity contribution in [2.24, 2.45) is 5.92 Å². The third kappa shape index (κ3) is 2.45. The molecule has 0 spiro atoms. The fraction of sp³-hybridized carbons (Fsp3) is 0.867. The summed E-state index contributed by atoms with van der Waals surface area (Å²) < 4.78 is 2.21. The molecule has 2 heterocycles. The van der Waals surface area contributed by atoms with Gasteiger partial charge in [0.2, 0.25) is 5.16 Å². The largest absolute Gasteiger partial charge is 0.318 e. The minimum Gasteiger partial charge on any atom is -0.318 e. The third-order valence-corrected chi connectivity index (χ3v) is 6.49. The van der Waals surface area contributed by atoms with Crippen LogP contribution >= 0.6 is 11.8 Å². The first kappa shape index (κ1) is 13.0. The van der Waals surface area contributed by atoms with Gasteiger partial charge in [0.25, 0.3) is 0 Å². The lowest BCUT2D eigenvalue weighted by molar-refractivity contribution is 0.345. The Morgan fingerprint density at radius 1 is 1.00 bits per heavy atom. The van der Waals surface area contributed by atoms with Crippen LogP contribution < -0.4 is 5.43 Å². The highest BCUT2D eigenvalue weighted by Crippen LogP contribution is 2.37. The Kier molecular flexibility index (Phi) is 3.63. The van der Waals surface area contributed by atoms with E-state index in [0.29, 0.717) is 11.3 Å². The van der Waals surface area contributed by atoms with E-state index in [2.05, 4.69) is 20.3 Å². The highest BCUT2D eigenvalue weighted by molar-refractivity contribution is 7.99. The van der Waals surface area contributed by atoms with E-state index in [9.17, 15) is 0 Å². The number of fused-ring (bicyclic) bond motifs is 2. The lowest BCUT2D eigenvalue weighted by Crippen LogP contribution is -2.43. The van der Waals surface area contributed by atoms with Gasteiger partial charge < -0.3 is 5.43 Å². The van der Waals surface area contributed by atoms with Crippen LogP contribution in [0.25, 0.3) is 0 Å². The highest BCUT2D eigenvalue weighted by atomic mass is 32.2. The topological polar surface area (TPSA) is 42.7 Å². The minimum absolute atomic E-state index is 0.627. The van der Waals surface area contributed by atoms with Crippen LogP contribution in [-0.4, -0.2) is 26.2 Å². The number of rotatable bonds is 2. The molecule has 5 heteroatoms. The van der Waals surface area contributed by atoms with Crippen LogP contribution in [0.3, 0.4) is 0 Å². The second-order valence-corrected chi connectivity index (χ2v) is 7.83. The molecule has 4 nitrogen and oxygen atoms in total. The molecular formula is C15H24N4S. The molecule has 2 aliphatic carbocycles. The Morgan fingerprint density at radius 3 is 2.70 bits per heavy atom. The van der Waals surface area contributed by atoms with Gasteiger partial charge in [0, 0.05) is 11.7 Å². The molecule has 3 aliphatic rings. The smallest absolute Gasteiger partial charge is 0.210 e. The molecule has 1 aromatic heterocycles. The molecule has 0 bridgehead atoms. The van der Waals surface area contributed by atoms with Gasteiger partial charge in [-0.05, 0) is 18.8 Å². The Hall–Kier alpha value is -0.710. The summed E-state index contributed by atoms with van der Waals surface area (Å²) in [4.78, 5) is 0. The lowest BCUT2D eigenvalue weighted by atomic mass is 9.87. The summed E-state index contributed by atoms with van der Waals surface area (Å²) >= 11 is 1.95. The maximum atomic E-state index is 4.48. The fourth-order valence-corrected chi connectivity index (χ4v) is 5.24. The van der Waals surface area contributed by atoms with Crippen molar-refractivity contribution in [3.63, 3.8) is 0 Å². The second-order valence-electron chi connectivity index (χ2n) is 6.62. The van der Waals surface area contributed by atoms with Crippen molar-refractivity contribution in [2.75, 3.05) is 5.43 Å². The molecule has 0 amide bonds. The molecule has 0 radical (unpaired) electrons.